The molecule has 16 heavy (non-hydrogen) atoms. The first-order valence-corrected chi connectivity index (χ1v) is 4.69. The van der Waals surface area contributed by atoms with Gasteiger partial charge < -0.3 is 36.0 Å². The van der Waals surface area contributed by atoms with Crippen molar-refractivity contribution in [2.45, 2.75) is 36.6 Å². The minimum atomic E-state index is -1.62. The standard InChI is InChI=1S/C8H15NO7/c9-3(8(14)15)7-6(13)5(12)4(11)2(1-10)16-7/h2-7,10-13H,1,9H2,(H,14,15)/t2-,3+,4-,5+,6-,7?/m1/s1. The Balaban J connectivity index is 2.82. The van der Waals surface area contributed by atoms with Gasteiger partial charge >= 0.3 is 5.97 Å². The molecule has 1 aliphatic heterocycles. The smallest absolute Gasteiger partial charge is 0.323 e. The summed E-state index contributed by atoms with van der Waals surface area (Å²) < 4.78 is 4.94. The van der Waals surface area contributed by atoms with Crippen LogP contribution >= 0.6 is 0 Å². The second-order valence-electron chi connectivity index (χ2n) is 3.66. The lowest BCUT2D eigenvalue weighted by Crippen LogP contribution is -2.64. The van der Waals surface area contributed by atoms with E-state index in [1.807, 2.05) is 0 Å². The van der Waals surface area contributed by atoms with E-state index in [9.17, 15) is 20.1 Å². The van der Waals surface area contributed by atoms with Crippen LogP contribution in [-0.2, 0) is 9.53 Å². The number of aliphatic hydroxyl groups excluding tert-OH is 4. The van der Waals surface area contributed by atoms with E-state index >= 15 is 0 Å². The highest BCUT2D eigenvalue weighted by atomic mass is 16.5. The molecular formula is C8H15NO7. The number of carboxylic acid groups (broad SMARTS) is 1. The Hall–Kier alpha value is -0.770. The maximum Gasteiger partial charge on any atom is 0.323 e. The molecule has 1 rings (SSSR count). The van der Waals surface area contributed by atoms with Crippen LogP contribution in [0.25, 0.3) is 0 Å². The molecule has 1 saturated heterocycles. The maximum absolute atomic E-state index is 10.6. The van der Waals surface area contributed by atoms with Gasteiger partial charge in [-0.15, -0.1) is 0 Å². The first kappa shape index (κ1) is 13.3. The lowest BCUT2D eigenvalue weighted by Gasteiger charge is -2.41. The van der Waals surface area contributed by atoms with Crippen LogP contribution in [0.15, 0.2) is 0 Å². The van der Waals surface area contributed by atoms with E-state index in [1.165, 1.54) is 0 Å². The van der Waals surface area contributed by atoms with Crippen molar-refractivity contribution in [3.05, 3.63) is 0 Å². The second kappa shape index (κ2) is 5.04. The molecule has 0 radical (unpaired) electrons. The Morgan fingerprint density at radius 2 is 1.81 bits per heavy atom. The number of carboxylic acids is 1. The lowest BCUT2D eigenvalue weighted by atomic mass is 9.91. The Morgan fingerprint density at radius 1 is 1.25 bits per heavy atom. The van der Waals surface area contributed by atoms with Gasteiger partial charge in [0.25, 0.3) is 0 Å². The van der Waals surface area contributed by atoms with Gasteiger partial charge in [-0.3, -0.25) is 4.79 Å². The summed E-state index contributed by atoms with van der Waals surface area (Å²) in [6.45, 7) is -0.617. The van der Waals surface area contributed by atoms with E-state index in [0.29, 0.717) is 0 Å². The number of hydrogen-bond donors (Lipinski definition) is 6. The number of nitrogens with two attached hydrogens (primary N) is 1. The summed E-state index contributed by atoms with van der Waals surface area (Å²) in [5, 5.41) is 45.7. The molecule has 1 heterocycles. The van der Waals surface area contributed by atoms with E-state index in [0.717, 1.165) is 0 Å². The van der Waals surface area contributed by atoms with Gasteiger partial charge in [-0.05, 0) is 0 Å². The fourth-order valence-corrected chi connectivity index (χ4v) is 1.57. The van der Waals surface area contributed by atoms with Crippen molar-refractivity contribution in [3.8, 4) is 0 Å². The zero-order valence-electron chi connectivity index (χ0n) is 8.30. The van der Waals surface area contributed by atoms with Gasteiger partial charge in [-0.2, -0.15) is 0 Å². The number of ether oxygens (including phenoxy) is 1. The van der Waals surface area contributed by atoms with Crippen LogP contribution in [0.4, 0.5) is 0 Å². The zero-order valence-corrected chi connectivity index (χ0v) is 8.30. The summed E-state index contributed by atoms with van der Waals surface area (Å²) in [7, 11) is 0. The molecule has 0 spiro atoms. The molecule has 0 aliphatic carbocycles. The predicted molar refractivity (Wildman–Crippen MR) is 49.4 cm³/mol. The molecule has 94 valence electrons. The van der Waals surface area contributed by atoms with Crippen LogP contribution < -0.4 is 5.73 Å². The third-order valence-corrected chi connectivity index (χ3v) is 2.57. The van der Waals surface area contributed by atoms with Crippen LogP contribution in [-0.4, -0.2) is 74.7 Å². The third kappa shape index (κ3) is 2.32. The normalized spacial score (nSPS) is 41.7. The van der Waals surface area contributed by atoms with Crippen LogP contribution in [0.5, 0.6) is 0 Å². The zero-order chi connectivity index (χ0) is 12.5. The van der Waals surface area contributed by atoms with Gasteiger partial charge in [0.2, 0.25) is 0 Å². The Bertz CT molecular complexity index is 259. The van der Waals surface area contributed by atoms with Crippen molar-refractivity contribution >= 4 is 5.97 Å². The van der Waals surface area contributed by atoms with Crippen molar-refractivity contribution in [2.75, 3.05) is 6.61 Å². The Morgan fingerprint density at radius 3 is 2.25 bits per heavy atom. The number of aliphatic hydroxyl groups is 4. The van der Waals surface area contributed by atoms with Crippen molar-refractivity contribution < 1.29 is 35.1 Å². The molecule has 0 aromatic rings. The van der Waals surface area contributed by atoms with E-state index in [4.69, 9.17) is 20.7 Å². The molecule has 1 unspecified atom stereocenters. The molecule has 1 fully saturated rings. The molecule has 0 saturated carbocycles. The Labute approximate surface area is 90.9 Å². The SMILES string of the molecule is N[C@H](C(=O)O)C1O[C@H](CO)[C@@H](O)[C@H](O)[C@H]1O. The summed E-state index contributed by atoms with van der Waals surface area (Å²) in [5.41, 5.74) is 5.25. The van der Waals surface area contributed by atoms with Crippen molar-refractivity contribution in [1.82, 2.24) is 0 Å². The fourth-order valence-electron chi connectivity index (χ4n) is 1.57. The highest BCUT2D eigenvalue weighted by Gasteiger charge is 2.47. The van der Waals surface area contributed by atoms with Crippen LogP contribution in [0, 0.1) is 0 Å². The summed E-state index contributed by atoms with van der Waals surface area (Å²) in [5.74, 6) is -1.41. The van der Waals surface area contributed by atoms with Crippen LogP contribution in [0.3, 0.4) is 0 Å². The first-order chi connectivity index (χ1) is 7.40. The molecule has 0 bridgehead atoms. The number of hydrogen-bond acceptors (Lipinski definition) is 7. The number of carbonyl (C=O) groups is 1. The highest BCUT2D eigenvalue weighted by molar-refractivity contribution is 5.74. The van der Waals surface area contributed by atoms with Crippen molar-refractivity contribution in [2.24, 2.45) is 5.73 Å². The summed E-state index contributed by atoms with van der Waals surface area (Å²) in [4.78, 5) is 10.6. The fraction of sp³-hybridized carbons (Fsp3) is 0.875. The molecule has 0 amide bonds. The molecule has 6 atom stereocenters. The van der Waals surface area contributed by atoms with E-state index < -0.39 is 49.1 Å². The maximum atomic E-state index is 10.6. The quantitative estimate of drug-likeness (QED) is 0.292. The van der Waals surface area contributed by atoms with Gasteiger partial charge in [0.1, 0.15) is 36.6 Å². The molecule has 8 heteroatoms. The highest BCUT2D eigenvalue weighted by Crippen LogP contribution is 2.22. The summed E-state index contributed by atoms with van der Waals surface area (Å²) >= 11 is 0. The van der Waals surface area contributed by atoms with Gasteiger partial charge in [0.15, 0.2) is 0 Å². The summed E-state index contributed by atoms with van der Waals surface area (Å²) in [6, 6.07) is -1.55. The van der Waals surface area contributed by atoms with Crippen molar-refractivity contribution in [3.63, 3.8) is 0 Å². The minimum Gasteiger partial charge on any atom is -0.480 e. The topological polar surface area (TPSA) is 153 Å². The average molecular weight is 237 g/mol. The molecule has 8 nitrogen and oxygen atoms in total. The number of aliphatic carboxylic acids is 1. The van der Waals surface area contributed by atoms with Gasteiger partial charge in [0.05, 0.1) is 6.61 Å². The number of rotatable bonds is 3. The molecule has 0 aromatic heterocycles. The average Bonchev–Trinajstić information content (AvgIpc) is 2.25. The van der Waals surface area contributed by atoms with E-state index in [1.54, 1.807) is 0 Å². The van der Waals surface area contributed by atoms with Crippen LogP contribution in [0.2, 0.25) is 0 Å². The van der Waals surface area contributed by atoms with Crippen molar-refractivity contribution in [1.29, 1.82) is 0 Å². The predicted octanol–water partition coefficient (Wildman–Crippen LogP) is -3.76. The van der Waals surface area contributed by atoms with Crippen LogP contribution in [0.1, 0.15) is 0 Å². The minimum absolute atomic E-state index is 0.617. The largest absolute Gasteiger partial charge is 0.480 e. The molecule has 1 aliphatic rings. The monoisotopic (exact) mass is 237 g/mol. The molecule has 0 aromatic carbocycles. The van der Waals surface area contributed by atoms with Gasteiger partial charge in [-0.25, -0.2) is 0 Å². The molecule has 7 N–H and O–H groups in total. The van der Waals surface area contributed by atoms with Gasteiger partial charge in [0, 0.05) is 0 Å². The van der Waals surface area contributed by atoms with Gasteiger partial charge in [-0.1, -0.05) is 0 Å². The first-order valence-electron chi connectivity index (χ1n) is 4.69. The van der Waals surface area contributed by atoms with E-state index in [-0.39, 0.29) is 0 Å². The summed E-state index contributed by atoms with van der Waals surface area (Å²) in [6.07, 6.45) is -7.27. The lowest BCUT2D eigenvalue weighted by molar-refractivity contribution is -0.234. The Kier molecular flexibility index (Phi) is 4.19. The third-order valence-electron chi connectivity index (χ3n) is 2.57. The van der Waals surface area contributed by atoms with E-state index in [2.05, 4.69) is 0 Å². The second-order valence-corrected chi connectivity index (χ2v) is 3.66. The molecular weight excluding hydrogens is 222 g/mol.